The summed E-state index contributed by atoms with van der Waals surface area (Å²) in [6.07, 6.45) is -1.00. The Morgan fingerprint density at radius 1 is 1.00 bits per heavy atom. The number of hydrogen-bond donors (Lipinski definition) is 0. The van der Waals surface area contributed by atoms with Crippen molar-refractivity contribution in [2.75, 3.05) is 20.3 Å². The summed E-state index contributed by atoms with van der Waals surface area (Å²) < 4.78 is 41.7. The molecule has 0 aliphatic carbocycles. The lowest BCUT2D eigenvalue weighted by Gasteiger charge is -2.38. The van der Waals surface area contributed by atoms with Gasteiger partial charge in [-0.2, -0.15) is 0 Å². The summed E-state index contributed by atoms with van der Waals surface area (Å²) >= 11 is 0. The van der Waals surface area contributed by atoms with Gasteiger partial charge in [-0.3, -0.25) is 0 Å². The van der Waals surface area contributed by atoms with Gasteiger partial charge in [-0.1, -0.05) is 12.1 Å². The maximum atomic E-state index is 6.31. The van der Waals surface area contributed by atoms with Crippen LogP contribution >= 0.6 is 0 Å². The topological polar surface area (TPSA) is 64.6 Å². The van der Waals surface area contributed by atoms with E-state index in [0.29, 0.717) is 13.2 Å². The second kappa shape index (κ2) is 6.69. The van der Waals surface area contributed by atoms with Gasteiger partial charge in [0.1, 0.15) is 30.7 Å². The van der Waals surface area contributed by atoms with E-state index in [2.05, 4.69) is 0 Å². The lowest BCUT2D eigenvalue weighted by molar-refractivity contribution is -0.304. The molecule has 0 radical (unpaired) electrons. The molecule has 3 heterocycles. The van der Waals surface area contributed by atoms with Crippen molar-refractivity contribution in [1.29, 1.82) is 0 Å². The third-order valence-corrected chi connectivity index (χ3v) is 5.09. The Labute approximate surface area is 159 Å². The van der Waals surface area contributed by atoms with Crippen LogP contribution in [0.5, 0.6) is 5.75 Å². The van der Waals surface area contributed by atoms with E-state index in [-0.39, 0.29) is 18.8 Å². The average molecular weight is 380 g/mol. The maximum Gasteiger partial charge on any atom is 0.224 e. The van der Waals surface area contributed by atoms with Gasteiger partial charge in [0.15, 0.2) is 11.6 Å². The molecule has 1 aromatic carbocycles. The first-order chi connectivity index (χ1) is 12.7. The van der Waals surface area contributed by atoms with Crippen molar-refractivity contribution < 1.29 is 33.2 Å². The molecule has 7 nitrogen and oxygen atoms in total. The van der Waals surface area contributed by atoms with Gasteiger partial charge in [0, 0.05) is 0 Å². The molecule has 3 aliphatic heterocycles. The lowest BCUT2D eigenvalue weighted by atomic mass is 10.0. The van der Waals surface area contributed by atoms with E-state index < -0.39 is 23.5 Å². The van der Waals surface area contributed by atoms with Gasteiger partial charge in [0.2, 0.25) is 5.79 Å². The van der Waals surface area contributed by atoms with Gasteiger partial charge in [-0.25, -0.2) is 0 Å². The van der Waals surface area contributed by atoms with Crippen molar-refractivity contribution in [1.82, 2.24) is 0 Å². The fourth-order valence-electron chi connectivity index (χ4n) is 3.82. The maximum absolute atomic E-state index is 6.31. The minimum atomic E-state index is -1.00. The second-order valence-electron chi connectivity index (χ2n) is 8.13. The summed E-state index contributed by atoms with van der Waals surface area (Å²) in [5, 5.41) is 0. The molecular weight excluding hydrogens is 352 g/mol. The van der Waals surface area contributed by atoms with Crippen molar-refractivity contribution >= 4 is 0 Å². The van der Waals surface area contributed by atoms with Gasteiger partial charge < -0.3 is 33.2 Å². The monoisotopic (exact) mass is 380 g/mol. The van der Waals surface area contributed by atoms with Crippen LogP contribution in [0.15, 0.2) is 24.3 Å². The molecule has 27 heavy (non-hydrogen) atoms. The number of rotatable bonds is 4. The number of ether oxygens (including phenoxy) is 7. The minimum Gasteiger partial charge on any atom is -0.497 e. The van der Waals surface area contributed by atoms with Crippen molar-refractivity contribution in [3.63, 3.8) is 0 Å². The highest BCUT2D eigenvalue weighted by atomic mass is 16.9. The molecule has 0 saturated carbocycles. The first-order valence-corrected chi connectivity index (χ1v) is 9.30. The molecule has 1 aromatic rings. The summed E-state index contributed by atoms with van der Waals surface area (Å²) in [7, 11) is 1.65. The molecule has 0 aromatic heterocycles. The molecule has 7 heteroatoms. The summed E-state index contributed by atoms with van der Waals surface area (Å²) in [4.78, 5) is 0. The normalized spacial score (nSPS) is 36.7. The van der Waals surface area contributed by atoms with E-state index in [1.54, 1.807) is 7.11 Å². The molecular formula is C20H28O7. The zero-order valence-electron chi connectivity index (χ0n) is 16.5. The van der Waals surface area contributed by atoms with Crippen LogP contribution in [-0.4, -0.2) is 56.0 Å². The molecule has 1 spiro atoms. The Kier molecular flexibility index (Phi) is 4.73. The number of benzene rings is 1. The first kappa shape index (κ1) is 19.1. The van der Waals surface area contributed by atoms with E-state index >= 15 is 0 Å². The van der Waals surface area contributed by atoms with Crippen LogP contribution in [-0.2, 0) is 35.0 Å². The van der Waals surface area contributed by atoms with E-state index in [9.17, 15) is 0 Å². The first-order valence-electron chi connectivity index (χ1n) is 9.30. The molecule has 0 bridgehead atoms. The van der Waals surface area contributed by atoms with Gasteiger partial charge in [0.05, 0.1) is 20.3 Å². The molecule has 4 rings (SSSR count). The molecule has 4 atom stereocenters. The molecule has 3 fully saturated rings. The Hall–Kier alpha value is -1.22. The highest BCUT2D eigenvalue weighted by molar-refractivity contribution is 5.26. The number of hydrogen-bond acceptors (Lipinski definition) is 7. The van der Waals surface area contributed by atoms with Gasteiger partial charge >= 0.3 is 0 Å². The number of fused-ring (bicyclic) bond motifs is 1. The quantitative estimate of drug-likeness (QED) is 0.795. The van der Waals surface area contributed by atoms with Crippen LogP contribution in [0.2, 0.25) is 0 Å². The fraction of sp³-hybridized carbons (Fsp3) is 0.700. The van der Waals surface area contributed by atoms with Crippen LogP contribution in [0, 0.1) is 0 Å². The second-order valence-corrected chi connectivity index (χ2v) is 8.13. The van der Waals surface area contributed by atoms with Crippen molar-refractivity contribution in [3.8, 4) is 5.75 Å². The third-order valence-electron chi connectivity index (χ3n) is 5.09. The third kappa shape index (κ3) is 3.72. The summed E-state index contributed by atoms with van der Waals surface area (Å²) in [5.41, 5.74) is 1.03. The lowest BCUT2D eigenvalue weighted by Crippen LogP contribution is -2.53. The van der Waals surface area contributed by atoms with Crippen LogP contribution in [0.25, 0.3) is 0 Å². The zero-order chi connectivity index (χ0) is 19.3. The largest absolute Gasteiger partial charge is 0.497 e. The van der Waals surface area contributed by atoms with Crippen molar-refractivity contribution in [3.05, 3.63) is 29.8 Å². The fourth-order valence-corrected chi connectivity index (χ4v) is 3.82. The molecule has 3 saturated heterocycles. The predicted molar refractivity (Wildman–Crippen MR) is 95.2 cm³/mol. The van der Waals surface area contributed by atoms with Gasteiger partial charge in [-0.05, 0) is 45.4 Å². The molecule has 1 unspecified atom stereocenters. The Morgan fingerprint density at radius 2 is 1.74 bits per heavy atom. The van der Waals surface area contributed by atoms with E-state index in [1.165, 1.54) is 0 Å². The smallest absolute Gasteiger partial charge is 0.224 e. The summed E-state index contributed by atoms with van der Waals surface area (Å²) in [5.74, 6) is -1.64. The minimum absolute atomic E-state index is 0.267. The Balaban J connectivity index is 1.55. The van der Waals surface area contributed by atoms with Crippen LogP contribution in [0.3, 0.4) is 0 Å². The standard InChI is InChI=1S/C20H28O7/c1-18(2)23-11-15-16(26-18)17(20(25-15)12-24-19(3,4)27-20)22-10-13-6-8-14(21-5)9-7-13/h6-9,15-17H,10-12H2,1-5H3/t15-,16-,17+,20?/m0/s1. The molecule has 0 amide bonds. The number of methoxy groups -OCH3 is 1. The predicted octanol–water partition coefficient (Wildman–Crippen LogP) is 2.61. The molecule has 3 aliphatic rings. The Morgan fingerprint density at radius 3 is 2.37 bits per heavy atom. The van der Waals surface area contributed by atoms with E-state index in [1.807, 2.05) is 52.0 Å². The van der Waals surface area contributed by atoms with Crippen LogP contribution < -0.4 is 4.74 Å². The van der Waals surface area contributed by atoms with E-state index in [0.717, 1.165) is 11.3 Å². The summed E-state index contributed by atoms with van der Waals surface area (Å²) in [6.45, 7) is 8.63. The van der Waals surface area contributed by atoms with Gasteiger partial charge in [0.25, 0.3) is 0 Å². The highest BCUT2D eigenvalue weighted by Gasteiger charge is 2.65. The van der Waals surface area contributed by atoms with Crippen molar-refractivity contribution in [2.45, 2.75) is 70.0 Å². The SMILES string of the molecule is COc1ccc(CO[C@@H]2[C@H]3OC(C)(C)OC[C@@H]3OC23COC(C)(C)O3)cc1. The van der Waals surface area contributed by atoms with Crippen LogP contribution in [0.1, 0.15) is 33.3 Å². The van der Waals surface area contributed by atoms with E-state index in [4.69, 9.17) is 33.2 Å². The summed E-state index contributed by atoms with van der Waals surface area (Å²) in [6, 6.07) is 7.77. The average Bonchev–Trinajstić information content (AvgIpc) is 3.08. The molecule has 150 valence electrons. The van der Waals surface area contributed by atoms with Crippen LogP contribution in [0.4, 0.5) is 0 Å². The molecule has 0 N–H and O–H groups in total. The van der Waals surface area contributed by atoms with Gasteiger partial charge in [-0.15, -0.1) is 0 Å². The Bertz CT molecular complexity index is 669. The highest BCUT2D eigenvalue weighted by Crippen LogP contribution is 2.46. The zero-order valence-corrected chi connectivity index (χ0v) is 16.5. The van der Waals surface area contributed by atoms with Crippen molar-refractivity contribution in [2.24, 2.45) is 0 Å².